The lowest BCUT2D eigenvalue weighted by Crippen LogP contribution is -1.92. The summed E-state index contributed by atoms with van der Waals surface area (Å²) < 4.78 is 19.1. The van der Waals surface area contributed by atoms with Crippen LogP contribution in [0.2, 0.25) is 5.02 Å². The van der Waals surface area contributed by atoms with Crippen molar-refractivity contribution < 1.29 is 8.91 Å². The Morgan fingerprint density at radius 3 is 2.80 bits per heavy atom. The van der Waals surface area contributed by atoms with Gasteiger partial charge in [-0.1, -0.05) is 22.8 Å². The van der Waals surface area contributed by atoms with Crippen molar-refractivity contribution in [3.05, 3.63) is 40.9 Å². The number of hydrogen-bond acceptors (Lipinski definition) is 4. The minimum absolute atomic E-state index is 0.00704. The van der Waals surface area contributed by atoms with Gasteiger partial charge in [0.05, 0.1) is 16.8 Å². The number of aromatic nitrogens is 3. The number of nitrogens with zero attached hydrogens (tertiary/aromatic N) is 2. The smallest absolute Gasteiger partial charge is 0.230 e. The van der Waals surface area contributed by atoms with E-state index >= 15 is 0 Å². The molecule has 0 radical (unpaired) electrons. The van der Waals surface area contributed by atoms with Gasteiger partial charge in [0, 0.05) is 16.8 Å². The van der Waals surface area contributed by atoms with Crippen LogP contribution in [0.1, 0.15) is 5.69 Å². The molecule has 2 aromatic heterocycles. The predicted octanol–water partition coefficient (Wildman–Crippen LogP) is 3.41. The summed E-state index contributed by atoms with van der Waals surface area (Å²) in [5, 5.41) is 10.8. The Labute approximate surface area is 118 Å². The summed E-state index contributed by atoms with van der Waals surface area (Å²) >= 11 is 6.08. The Morgan fingerprint density at radius 1 is 1.35 bits per heavy atom. The highest BCUT2D eigenvalue weighted by Crippen LogP contribution is 2.41. The molecule has 1 aromatic carbocycles. The fourth-order valence-corrected chi connectivity index (χ4v) is 2.31. The van der Waals surface area contributed by atoms with Crippen LogP contribution < -0.4 is 5.73 Å². The standard InChI is InChI=1S/C13H10ClFN4O/c1-6-7(5-17-18-6)12-11(13(16)20-19-12)10-8(14)3-2-4-9(10)15/h2-5H,16H2,1H3,(H,17,18). The van der Waals surface area contributed by atoms with Gasteiger partial charge >= 0.3 is 0 Å². The van der Waals surface area contributed by atoms with Crippen LogP contribution in [0.15, 0.2) is 28.9 Å². The van der Waals surface area contributed by atoms with Gasteiger partial charge in [-0.15, -0.1) is 0 Å². The van der Waals surface area contributed by atoms with E-state index in [1.54, 1.807) is 12.3 Å². The minimum Gasteiger partial charge on any atom is -0.367 e. The quantitative estimate of drug-likeness (QED) is 0.758. The number of nitrogens with two attached hydrogens (primary N) is 1. The highest BCUT2D eigenvalue weighted by Gasteiger charge is 2.24. The Balaban J connectivity index is 2.31. The number of H-pyrrole nitrogens is 1. The van der Waals surface area contributed by atoms with Crippen LogP contribution >= 0.6 is 11.6 Å². The van der Waals surface area contributed by atoms with E-state index < -0.39 is 5.82 Å². The summed E-state index contributed by atoms with van der Waals surface area (Å²) in [7, 11) is 0. The van der Waals surface area contributed by atoms with Gasteiger partial charge in [0.15, 0.2) is 0 Å². The van der Waals surface area contributed by atoms with E-state index in [4.69, 9.17) is 21.9 Å². The van der Waals surface area contributed by atoms with Crippen molar-refractivity contribution in [3.63, 3.8) is 0 Å². The zero-order valence-electron chi connectivity index (χ0n) is 10.4. The maximum atomic E-state index is 14.1. The van der Waals surface area contributed by atoms with Crippen molar-refractivity contribution in [2.24, 2.45) is 0 Å². The molecule has 3 N–H and O–H groups in total. The van der Waals surface area contributed by atoms with E-state index in [0.29, 0.717) is 16.8 Å². The molecule has 7 heteroatoms. The number of benzene rings is 1. The fraction of sp³-hybridized carbons (Fsp3) is 0.0769. The molecule has 3 rings (SSSR count). The summed E-state index contributed by atoms with van der Waals surface area (Å²) in [5.41, 5.74) is 8.14. The van der Waals surface area contributed by atoms with Gasteiger partial charge in [-0.05, 0) is 19.1 Å². The number of hydrogen-bond donors (Lipinski definition) is 2. The number of anilines is 1. The van der Waals surface area contributed by atoms with Crippen molar-refractivity contribution in [3.8, 4) is 22.4 Å². The van der Waals surface area contributed by atoms with E-state index in [1.807, 2.05) is 6.92 Å². The number of nitrogens with one attached hydrogen (secondary N) is 1. The summed E-state index contributed by atoms with van der Waals surface area (Å²) in [6.45, 7) is 1.82. The molecule has 0 fully saturated rings. The van der Waals surface area contributed by atoms with Gasteiger partial charge in [-0.2, -0.15) is 5.10 Å². The van der Waals surface area contributed by atoms with Crippen molar-refractivity contribution >= 4 is 17.5 Å². The molecule has 0 atom stereocenters. The van der Waals surface area contributed by atoms with Gasteiger partial charge in [-0.3, -0.25) is 5.10 Å². The molecular formula is C13H10ClFN4O. The molecule has 0 aliphatic carbocycles. The lowest BCUT2D eigenvalue weighted by Gasteiger charge is -2.06. The van der Waals surface area contributed by atoms with Crippen molar-refractivity contribution in [2.45, 2.75) is 6.92 Å². The molecular weight excluding hydrogens is 283 g/mol. The molecule has 0 saturated heterocycles. The molecule has 20 heavy (non-hydrogen) atoms. The number of halogens is 2. The first kappa shape index (κ1) is 12.7. The number of aromatic amines is 1. The van der Waals surface area contributed by atoms with E-state index in [1.165, 1.54) is 12.1 Å². The Kier molecular flexibility index (Phi) is 2.94. The van der Waals surface area contributed by atoms with Gasteiger partial charge in [-0.25, -0.2) is 4.39 Å². The molecule has 0 unspecified atom stereocenters. The zero-order chi connectivity index (χ0) is 14.3. The molecule has 0 aliphatic rings. The molecule has 0 bridgehead atoms. The monoisotopic (exact) mass is 292 g/mol. The topological polar surface area (TPSA) is 80.7 Å². The summed E-state index contributed by atoms with van der Waals surface area (Å²) in [6, 6.07) is 4.41. The average molecular weight is 293 g/mol. The maximum absolute atomic E-state index is 14.1. The maximum Gasteiger partial charge on any atom is 0.230 e. The second kappa shape index (κ2) is 4.64. The third kappa shape index (κ3) is 1.85. The second-order valence-corrected chi connectivity index (χ2v) is 4.68. The molecule has 102 valence electrons. The van der Waals surface area contributed by atoms with E-state index in [0.717, 1.165) is 5.69 Å². The Bertz CT molecular complexity index is 760. The first-order chi connectivity index (χ1) is 9.59. The Hall–Kier alpha value is -2.34. The molecule has 0 amide bonds. The molecule has 0 aliphatic heterocycles. The molecule has 3 aromatic rings. The number of aryl methyl sites for hydroxylation is 1. The molecule has 0 spiro atoms. The molecule has 2 heterocycles. The molecule has 5 nitrogen and oxygen atoms in total. The summed E-state index contributed by atoms with van der Waals surface area (Å²) in [6.07, 6.45) is 1.57. The van der Waals surface area contributed by atoms with Crippen molar-refractivity contribution in [2.75, 3.05) is 5.73 Å². The minimum atomic E-state index is -0.491. The largest absolute Gasteiger partial charge is 0.367 e. The van der Waals surface area contributed by atoms with E-state index in [9.17, 15) is 4.39 Å². The predicted molar refractivity (Wildman–Crippen MR) is 73.6 cm³/mol. The van der Waals surface area contributed by atoms with Gasteiger partial charge in [0.2, 0.25) is 5.88 Å². The van der Waals surface area contributed by atoms with Gasteiger partial charge < -0.3 is 10.3 Å². The van der Waals surface area contributed by atoms with E-state index in [-0.39, 0.29) is 16.5 Å². The van der Waals surface area contributed by atoms with Crippen LogP contribution in [0.3, 0.4) is 0 Å². The van der Waals surface area contributed by atoms with Gasteiger partial charge in [0.1, 0.15) is 11.5 Å². The summed E-state index contributed by atoms with van der Waals surface area (Å²) in [5.74, 6) is -0.484. The van der Waals surface area contributed by atoms with Crippen LogP contribution in [0.25, 0.3) is 22.4 Å². The van der Waals surface area contributed by atoms with Crippen molar-refractivity contribution in [1.29, 1.82) is 0 Å². The van der Waals surface area contributed by atoms with Crippen LogP contribution in [-0.4, -0.2) is 15.4 Å². The fourth-order valence-electron chi connectivity index (χ4n) is 2.05. The Morgan fingerprint density at radius 2 is 2.15 bits per heavy atom. The lowest BCUT2D eigenvalue weighted by molar-refractivity contribution is 0.439. The number of rotatable bonds is 2. The van der Waals surface area contributed by atoms with Crippen molar-refractivity contribution in [1.82, 2.24) is 15.4 Å². The number of nitrogen functional groups attached to an aromatic ring is 1. The zero-order valence-corrected chi connectivity index (χ0v) is 11.2. The highest BCUT2D eigenvalue weighted by molar-refractivity contribution is 6.33. The van der Waals surface area contributed by atoms with Gasteiger partial charge in [0.25, 0.3) is 0 Å². The third-order valence-corrected chi connectivity index (χ3v) is 3.33. The highest BCUT2D eigenvalue weighted by atomic mass is 35.5. The molecule has 0 saturated carbocycles. The lowest BCUT2D eigenvalue weighted by atomic mass is 10.0. The third-order valence-electron chi connectivity index (χ3n) is 3.02. The first-order valence-electron chi connectivity index (χ1n) is 5.79. The second-order valence-electron chi connectivity index (χ2n) is 4.28. The first-order valence-corrected chi connectivity index (χ1v) is 6.17. The summed E-state index contributed by atoms with van der Waals surface area (Å²) in [4.78, 5) is 0. The van der Waals surface area contributed by atoms with Crippen LogP contribution in [0.4, 0.5) is 10.3 Å². The van der Waals surface area contributed by atoms with E-state index in [2.05, 4.69) is 15.4 Å². The van der Waals surface area contributed by atoms with Crippen LogP contribution in [0.5, 0.6) is 0 Å². The SMILES string of the molecule is Cc1[nH]ncc1-c1noc(N)c1-c1c(F)cccc1Cl. The van der Waals surface area contributed by atoms with Crippen LogP contribution in [0, 0.1) is 12.7 Å². The normalized spacial score (nSPS) is 10.9. The average Bonchev–Trinajstić information content (AvgIpc) is 2.97. The van der Waals surface area contributed by atoms with Crippen LogP contribution in [-0.2, 0) is 0 Å².